The summed E-state index contributed by atoms with van der Waals surface area (Å²) < 4.78 is 10.1. The predicted molar refractivity (Wildman–Crippen MR) is 92.1 cm³/mol. The van der Waals surface area contributed by atoms with Gasteiger partial charge in [0.05, 0.1) is 6.10 Å². The van der Waals surface area contributed by atoms with Crippen molar-refractivity contribution < 1.29 is 24.2 Å². The highest BCUT2D eigenvalue weighted by molar-refractivity contribution is 8.93. The first kappa shape index (κ1) is 21.6. The van der Waals surface area contributed by atoms with Crippen molar-refractivity contribution in [1.29, 1.82) is 0 Å². The van der Waals surface area contributed by atoms with Gasteiger partial charge in [-0.25, -0.2) is 0 Å². The Morgan fingerprint density at radius 3 is 2.22 bits per heavy atom. The number of carbonyl (C=O) groups is 2. The van der Waals surface area contributed by atoms with Crippen LogP contribution in [0.4, 0.5) is 0 Å². The zero-order valence-corrected chi connectivity index (χ0v) is 15.7. The Morgan fingerprint density at radius 1 is 1.17 bits per heavy atom. The molecule has 0 aliphatic carbocycles. The maximum absolute atomic E-state index is 11.2. The number of carbonyl (C=O) groups excluding carboxylic acids is 2. The van der Waals surface area contributed by atoms with Crippen molar-refractivity contribution in [3.63, 3.8) is 0 Å². The molecule has 130 valence electrons. The lowest BCUT2D eigenvalue weighted by molar-refractivity contribution is -0.132. The van der Waals surface area contributed by atoms with Crippen molar-refractivity contribution in [3.8, 4) is 11.5 Å². The van der Waals surface area contributed by atoms with Gasteiger partial charge in [0.1, 0.15) is 11.5 Å². The molecule has 0 amide bonds. The van der Waals surface area contributed by atoms with Crippen LogP contribution in [-0.4, -0.2) is 29.1 Å². The molecule has 1 rings (SSSR count). The van der Waals surface area contributed by atoms with Crippen molar-refractivity contribution in [2.24, 2.45) is 0 Å². The number of ether oxygens (including phenoxy) is 2. The molecule has 1 aromatic carbocycles. The molecule has 2 N–H and O–H groups in total. The molecule has 1 aromatic rings. The van der Waals surface area contributed by atoms with Crippen LogP contribution in [0.5, 0.6) is 11.5 Å². The molecule has 1 unspecified atom stereocenters. The molecular formula is C16H24BrNO5. The minimum absolute atomic E-state index is 0. The number of halogens is 1. The smallest absolute Gasteiger partial charge is 0.308 e. The number of aliphatic hydroxyl groups excluding tert-OH is 1. The third kappa shape index (κ3) is 8.11. The number of nitrogens with one attached hydrogen (secondary N) is 1. The normalized spacial score (nSPS) is 12.1. The van der Waals surface area contributed by atoms with E-state index < -0.39 is 18.0 Å². The van der Waals surface area contributed by atoms with Gasteiger partial charge in [-0.2, -0.15) is 0 Å². The number of rotatable bonds is 5. The molecule has 1 atom stereocenters. The van der Waals surface area contributed by atoms with Crippen molar-refractivity contribution in [2.45, 2.75) is 46.3 Å². The third-order valence-corrected chi connectivity index (χ3v) is 2.69. The Labute approximate surface area is 146 Å². The molecule has 23 heavy (non-hydrogen) atoms. The van der Waals surface area contributed by atoms with E-state index in [-0.39, 0.29) is 34.0 Å². The molecule has 0 saturated carbocycles. The molecule has 0 aliphatic heterocycles. The highest BCUT2D eigenvalue weighted by Crippen LogP contribution is 2.30. The van der Waals surface area contributed by atoms with Crippen LogP contribution in [0.25, 0.3) is 0 Å². The summed E-state index contributed by atoms with van der Waals surface area (Å²) in [4.78, 5) is 22.2. The number of esters is 2. The Bertz CT molecular complexity index is 554. The first-order chi connectivity index (χ1) is 10.1. The number of aliphatic hydroxyl groups is 1. The first-order valence-corrected chi connectivity index (χ1v) is 7.02. The Morgan fingerprint density at radius 2 is 1.74 bits per heavy atom. The van der Waals surface area contributed by atoms with Gasteiger partial charge in [-0.1, -0.05) is 0 Å². The minimum Gasteiger partial charge on any atom is -0.427 e. The van der Waals surface area contributed by atoms with Gasteiger partial charge in [0.25, 0.3) is 0 Å². The second-order valence-electron chi connectivity index (χ2n) is 6.03. The van der Waals surface area contributed by atoms with E-state index in [9.17, 15) is 14.7 Å². The maximum atomic E-state index is 11.2. The third-order valence-electron chi connectivity index (χ3n) is 2.69. The molecule has 0 saturated heterocycles. The number of benzene rings is 1. The fourth-order valence-electron chi connectivity index (χ4n) is 1.78. The van der Waals surface area contributed by atoms with E-state index >= 15 is 0 Å². The molecule has 0 heterocycles. The summed E-state index contributed by atoms with van der Waals surface area (Å²) >= 11 is 0. The quantitative estimate of drug-likeness (QED) is 0.594. The Balaban J connectivity index is 0.00000484. The van der Waals surface area contributed by atoms with Gasteiger partial charge in [-0.3, -0.25) is 9.59 Å². The summed E-state index contributed by atoms with van der Waals surface area (Å²) in [7, 11) is 0. The molecule has 7 heteroatoms. The predicted octanol–water partition coefficient (Wildman–Crippen LogP) is 2.54. The fourth-order valence-corrected chi connectivity index (χ4v) is 1.78. The van der Waals surface area contributed by atoms with E-state index in [0.717, 1.165) is 0 Å². The van der Waals surface area contributed by atoms with E-state index in [4.69, 9.17) is 9.47 Å². The van der Waals surface area contributed by atoms with Gasteiger partial charge in [-0.15, -0.1) is 17.0 Å². The number of hydrogen-bond donors (Lipinski definition) is 2. The summed E-state index contributed by atoms with van der Waals surface area (Å²) in [5.74, 6) is -0.563. The number of hydrogen-bond acceptors (Lipinski definition) is 6. The zero-order chi connectivity index (χ0) is 16.9. The van der Waals surface area contributed by atoms with E-state index in [0.29, 0.717) is 12.1 Å². The van der Waals surface area contributed by atoms with Crippen LogP contribution < -0.4 is 14.8 Å². The summed E-state index contributed by atoms with van der Waals surface area (Å²) in [6.07, 6.45) is -0.861. The van der Waals surface area contributed by atoms with E-state index in [1.165, 1.54) is 19.9 Å². The lowest BCUT2D eigenvalue weighted by Gasteiger charge is -2.24. The highest BCUT2D eigenvalue weighted by atomic mass is 79.9. The van der Waals surface area contributed by atoms with Gasteiger partial charge in [0.2, 0.25) is 0 Å². The molecule has 0 aromatic heterocycles. The van der Waals surface area contributed by atoms with Crippen LogP contribution in [0.1, 0.15) is 46.3 Å². The second-order valence-corrected chi connectivity index (χ2v) is 6.03. The van der Waals surface area contributed by atoms with Crippen molar-refractivity contribution in [2.75, 3.05) is 6.54 Å². The maximum Gasteiger partial charge on any atom is 0.308 e. The molecule has 0 radical (unpaired) electrons. The first-order valence-electron chi connectivity index (χ1n) is 7.02. The fraction of sp³-hybridized carbons (Fsp3) is 0.500. The van der Waals surface area contributed by atoms with Crippen LogP contribution in [-0.2, 0) is 9.59 Å². The van der Waals surface area contributed by atoms with Crippen molar-refractivity contribution in [1.82, 2.24) is 5.32 Å². The standard InChI is InChI=1S/C16H23NO5.BrH/c1-10(18)21-12-6-7-13(15(8-12)22-11(2)19)14(20)9-17-16(3,4)5;/h6-8,14,17,20H,9H2,1-5H3;1H. The zero-order valence-electron chi connectivity index (χ0n) is 14.0. The average molecular weight is 390 g/mol. The average Bonchev–Trinajstić information content (AvgIpc) is 2.34. The number of β-amino-alcohol motifs (C(OH)–C–C–N with tert-alkyl or cyclic N) is 1. The molecule has 0 fully saturated rings. The molecule has 0 bridgehead atoms. The van der Waals surface area contributed by atoms with E-state index in [2.05, 4.69) is 5.32 Å². The molecular weight excluding hydrogens is 366 g/mol. The minimum atomic E-state index is -0.861. The summed E-state index contributed by atoms with van der Waals surface area (Å²) in [5.41, 5.74) is 0.295. The van der Waals surface area contributed by atoms with Gasteiger partial charge in [0, 0.05) is 37.6 Å². The molecule has 0 spiro atoms. The highest BCUT2D eigenvalue weighted by Gasteiger charge is 2.19. The lowest BCUT2D eigenvalue weighted by Crippen LogP contribution is -2.38. The summed E-state index contributed by atoms with van der Waals surface area (Å²) in [6, 6.07) is 4.54. The van der Waals surface area contributed by atoms with Crippen molar-refractivity contribution in [3.05, 3.63) is 23.8 Å². The summed E-state index contributed by atoms with van der Waals surface area (Å²) in [6.45, 7) is 8.79. The Hall–Kier alpha value is -1.44. The monoisotopic (exact) mass is 389 g/mol. The van der Waals surface area contributed by atoms with Crippen LogP contribution >= 0.6 is 17.0 Å². The van der Waals surface area contributed by atoms with Crippen LogP contribution in [0, 0.1) is 0 Å². The topological polar surface area (TPSA) is 84.9 Å². The van der Waals surface area contributed by atoms with Gasteiger partial charge >= 0.3 is 11.9 Å². The van der Waals surface area contributed by atoms with Crippen LogP contribution in [0.15, 0.2) is 18.2 Å². The van der Waals surface area contributed by atoms with E-state index in [1.54, 1.807) is 12.1 Å². The molecule has 0 aliphatic rings. The van der Waals surface area contributed by atoms with Crippen LogP contribution in [0.3, 0.4) is 0 Å². The second kappa shape index (κ2) is 9.00. The van der Waals surface area contributed by atoms with Gasteiger partial charge in [0.15, 0.2) is 0 Å². The van der Waals surface area contributed by atoms with Crippen LogP contribution in [0.2, 0.25) is 0 Å². The van der Waals surface area contributed by atoms with E-state index in [1.807, 2.05) is 20.8 Å². The largest absolute Gasteiger partial charge is 0.427 e. The Kier molecular flexibility index (Phi) is 8.44. The SMILES string of the molecule is Br.CC(=O)Oc1ccc(C(O)CNC(C)(C)C)c(OC(C)=O)c1. The van der Waals surface area contributed by atoms with Gasteiger partial charge < -0.3 is 19.9 Å². The summed E-state index contributed by atoms with van der Waals surface area (Å²) in [5, 5.41) is 13.5. The molecule has 6 nitrogen and oxygen atoms in total. The lowest BCUT2D eigenvalue weighted by atomic mass is 10.0. The van der Waals surface area contributed by atoms with Crippen molar-refractivity contribution >= 4 is 28.9 Å². The van der Waals surface area contributed by atoms with Gasteiger partial charge in [-0.05, 0) is 32.9 Å².